The summed E-state index contributed by atoms with van der Waals surface area (Å²) in [6.07, 6.45) is -1.72. The second kappa shape index (κ2) is 7.95. The summed E-state index contributed by atoms with van der Waals surface area (Å²) in [4.78, 5) is 1.69. The summed E-state index contributed by atoms with van der Waals surface area (Å²) in [5.74, 6) is -2.28. The SMILES string of the molecule is CCN(CC)C1(Cl)OC1C(F)(F)CCOCc1ccc(OC)cc1. The van der Waals surface area contributed by atoms with Crippen molar-refractivity contribution in [2.75, 3.05) is 26.8 Å². The highest BCUT2D eigenvalue weighted by Crippen LogP contribution is 2.52. The lowest BCUT2D eigenvalue weighted by molar-refractivity contribution is -0.0566. The van der Waals surface area contributed by atoms with E-state index in [1.165, 1.54) is 0 Å². The molecule has 1 saturated heterocycles. The molecule has 2 rings (SSSR count). The Morgan fingerprint density at radius 3 is 2.42 bits per heavy atom. The minimum atomic E-state index is -3.02. The van der Waals surface area contributed by atoms with Crippen LogP contribution >= 0.6 is 11.6 Å². The fraction of sp³-hybridized carbons (Fsp3) is 0.647. The van der Waals surface area contributed by atoms with E-state index in [0.717, 1.165) is 11.3 Å². The van der Waals surface area contributed by atoms with Gasteiger partial charge in [-0.3, -0.25) is 4.90 Å². The van der Waals surface area contributed by atoms with Crippen molar-refractivity contribution >= 4 is 11.6 Å². The van der Waals surface area contributed by atoms with Crippen LogP contribution in [0.4, 0.5) is 8.78 Å². The Kier molecular flexibility index (Phi) is 6.42. The molecule has 1 aliphatic rings. The molecule has 1 heterocycles. The van der Waals surface area contributed by atoms with Gasteiger partial charge in [0.2, 0.25) is 5.18 Å². The van der Waals surface area contributed by atoms with Crippen molar-refractivity contribution in [1.29, 1.82) is 0 Å². The van der Waals surface area contributed by atoms with Gasteiger partial charge < -0.3 is 14.2 Å². The van der Waals surface area contributed by atoms with Crippen molar-refractivity contribution in [3.8, 4) is 5.75 Å². The zero-order chi connectivity index (χ0) is 17.8. The third kappa shape index (κ3) is 4.36. The van der Waals surface area contributed by atoms with Gasteiger partial charge in [0.1, 0.15) is 5.75 Å². The second-order valence-corrected chi connectivity index (χ2v) is 6.23. The first-order chi connectivity index (χ1) is 11.4. The molecule has 1 aliphatic heterocycles. The van der Waals surface area contributed by atoms with Gasteiger partial charge in [-0.05, 0) is 30.8 Å². The summed E-state index contributed by atoms with van der Waals surface area (Å²) in [6, 6.07) is 7.28. The number of hydrogen-bond acceptors (Lipinski definition) is 4. The first-order valence-electron chi connectivity index (χ1n) is 8.07. The van der Waals surface area contributed by atoms with Crippen molar-refractivity contribution in [1.82, 2.24) is 4.90 Å². The van der Waals surface area contributed by atoms with Crippen LogP contribution in [0, 0.1) is 0 Å². The molecule has 0 amide bonds. The average molecular weight is 364 g/mol. The number of nitrogens with zero attached hydrogens (tertiary/aromatic N) is 1. The normalized spacial score (nSPS) is 23.5. The molecule has 0 radical (unpaired) electrons. The third-order valence-corrected chi connectivity index (χ3v) is 4.66. The zero-order valence-electron chi connectivity index (χ0n) is 14.2. The van der Waals surface area contributed by atoms with Gasteiger partial charge in [-0.1, -0.05) is 37.6 Å². The number of benzene rings is 1. The van der Waals surface area contributed by atoms with Crippen LogP contribution in [-0.4, -0.2) is 48.9 Å². The number of ether oxygens (including phenoxy) is 3. The van der Waals surface area contributed by atoms with E-state index in [0.29, 0.717) is 13.1 Å². The van der Waals surface area contributed by atoms with Crippen molar-refractivity contribution in [2.24, 2.45) is 0 Å². The van der Waals surface area contributed by atoms with E-state index in [1.54, 1.807) is 24.1 Å². The summed E-state index contributed by atoms with van der Waals surface area (Å²) in [6.45, 7) is 5.05. The van der Waals surface area contributed by atoms with Crippen LogP contribution in [0.15, 0.2) is 24.3 Å². The van der Waals surface area contributed by atoms with Gasteiger partial charge in [0.05, 0.1) is 20.3 Å². The molecule has 24 heavy (non-hydrogen) atoms. The van der Waals surface area contributed by atoms with Crippen molar-refractivity contribution in [3.63, 3.8) is 0 Å². The van der Waals surface area contributed by atoms with E-state index in [2.05, 4.69) is 0 Å². The highest BCUT2D eigenvalue weighted by molar-refractivity contribution is 6.24. The van der Waals surface area contributed by atoms with Gasteiger partial charge in [-0.15, -0.1) is 0 Å². The summed E-state index contributed by atoms with van der Waals surface area (Å²) in [5, 5.41) is -1.39. The molecule has 0 bridgehead atoms. The zero-order valence-corrected chi connectivity index (χ0v) is 15.0. The van der Waals surface area contributed by atoms with Gasteiger partial charge in [0, 0.05) is 6.42 Å². The summed E-state index contributed by atoms with van der Waals surface area (Å²) >= 11 is 6.17. The number of epoxide rings is 1. The summed E-state index contributed by atoms with van der Waals surface area (Å²) in [7, 11) is 1.59. The topological polar surface area (TPSA) is 34.2 Å². The maximum atomic E-state index is 14.2. The van der Waals surface area contributed by atoms with Gasteiger partial charge >= 0.3 is 0 Å². The largest absolute Gasteiger partial charge is 0.497 e. The lowest BCUT2D eigenvalue weighted by atomic mass is 10.1. The lowest BCUT2D eigenvalue weighted by Crippen LogP contribution is -2.41. The second-order valence-electron chi connectivity index (χ2n) is 5.69. The van der Waals surface area contributed by atoms with E-state index in [4.69, 9.17) is 25.8 Å². The molecule has 0 spiro atoms. The Morgan fingerprint density at radius 1 is 1.25 bits per heavy atom. The molecular formula is C17H24ClF2NO3. The Labute approximate surface area is 146 Å². The van der Waals surface area contributed by atoms with Crippen LogP contribution in [0.2, 0.25) is 0 Å². The van der Waals surface area contributed by atoms with Crippen molar-refractivity contribution in [2.45, 2.75) is 44.1 Å². The number of likely N-dealkylation sites (N-methyl/N-ethyl adjacent to an activating group) is 1. The highest BCUT2D eigenvalue weighted by Gasteiger charge is 2.69. The average Bonchev–Trinajstić information content (AvgIpc) is 3.27. The quantitative estimate of drug-likeness (QED) is 0.273. The van der Waals surface area contributed by atoms with Crippen LogP contribution in [0.3, 0.4) is 0 Å². The molecule has 0 aromatic heterocycles. The Bertz CT molecular complexity index is 525. The molecular weight excluding hydrogens is 340 g/mol. The standard InChI is InChI=1S/C17H24ClF2NO3/c1-4-21(5-2)17(18)15(24-17)16(19,20)10-11-23-12-13-6-8-14(22-3)9-7-13/h6-9,15H,4-5,10-12H2,1-3H3. The van der Waals surface area contributed by atoms with Crippen molar-refractivity contribution in [3.05, 3.63) is 29.8 Å². The van der Waals surface area contributed by atoms with E-state index in [1.807, 2.05) is 26.0 Å². The van der Waals surface area contributed by atoms with Gasteiger partial charge in [0.15, 0.2) is 6.10 Å². The first kappa shape index (κ1) is 19.4. The molecule has 0 N–H and O–H groups in total. The summed E-state index contributed by atoms with van der Waals surface area (Å²) in [5.41, 5.74) is 0.900. The van der Waals surface area contributed by atoms with Gasteiger partial charge in [-0.2, -0.15) is 0 Å². The maximum absolute atomic E-state index is 14.2. The lowest BCUT2D eigenvalue weighted by Gasteiger charge is -2.23. The van der Waals surface area contributed by atoms with E-state index in [9.17, 15) is 8.78 Å². The minimum absolute atomic E-state index is 0.0654. The summed E-state index contributed by atoms with van der Waals surface area (Å²) < 4.78 is 44.0. The number of methoxy groups -OCH3 is 1. The Balaban J connectivity index is 1.77. The van der Waals surface area contributed by atoms with Gasteiger partial charge in [-0.25, -0.2) is 8.78 Å². The minimum Gasteiger partial charge on any atom is -0.497 e. The number of halogens is 3. The maximum Gasteiger partial charge on any atom is 0.281 e. The molecule has 4 nitrogen and oxygen atoms in total. The highest BCUT2D eigenvalue weighted by atomic mass is 35.5. The number of alkyl halides is 3. The van der Waals surface area contributed by atoms with Crippen LogP contribution < -0.4 is 4.74 Å². The molecule has 7 heteroatoms. The van der Waals surface area contributed by atoms with E-state index in [-0.39, 0.29) is 13.2 Å². The molecule has 2 unspecified atom stereocenters. The van der Waals surface area contributed by atoms with Crippen LogP contribution in [0.5, 0.6) is 5.75 Å². The fourth-order valence-corrected chi connectivity index (χ4v) is 3.11. The predicted molar refractivity (Wildman–Crippen MR) is 88.6 cm³/mol. The van der Waals surface area contributed by atoms with Crippen molar-refractivity contribution < 1.29 is 23.0 Å². The monoisotopic (exact) mass is 363 g/mol. The van der Waals surface area contributed by atoms with Crippen LogP contribution in [0.1, 0.15) is 25.8 Å². The van der Waals surface area contributed by atoms with Crippen LogP contribution in [-0.2, 0) is 16.1 Å². The fourth-order valence-electron chi connectivity index (χ4n) is 2.62. The Morgan fingerprint density at radius 2 is 1.88 bits per heavy atom. The van der Waals surface area contributed by atoms with Gasteiger partial charge in [0.25, 0.3) is 5.92 Å². The number of hydrogen-bond donors (Lipinski definition) is 0. The van der Waals surface area contributed by atoms with E-state index < -0.39 is 23.6 Å². The predicted octanol–water partition coefficient (Wildman–Crippen LogP) is 3.87. The first-order valence-corrected chi connectivity index (χ1v) is 8.45. The third-order valence-electron chi connectivity index (χ3n) is 4.14. The number of rotatable bonds is 10. The molecule has 1 aromatic carbocycles. The Hall–Kier alpha value is -0.950. The molecule has 2 atom stereocenters. The van der Waals surface area contributed by atoms with Crippen LogP contribution in [0.25, 0.3) is 0 Å². The molecule has 0 aliphatic carbocycles. The molecule has 136 valence electrons. The molecule has 0 saturated carbocycles. The molecule has 1 fully saturated rings. The molecule has 1 aromatic rings. The smallest absolute Gasteiger partial charge is 0.281 e. The van der Waals surface area contributed by atoms with E-state index >= 15 is 0 Å².